The monoisotopic (exact) mass is 288 g/mol. The molecule has 0 spiro atoms. The van der Waals surface area contributed by atoms with Crippen LogP contribution in [0.3, 0.4) is 0 Å². The summed E-state index contributed by atoms with van der Waals surface area (Å²) in [5.74, 6) is 0. The first-order valence-corrected chi connectivity index (χ1v) is 7.84. The van der Waals surface area contributed by atoms with Crippen LogP contribution in [-0.2, 0) is 10.0 Å². The van der Waals surface area contributed by atoms with E-state index in [2.05, 4.69) is 10.0 Å². The van der Waals surface area contributed by atoms with E-state index in [0.717, 1.165) is 24.9 Å². The van der Waals surface area contributed by atoms with Gasteiger partial charge in [-0.15, -0.1) is 0 Å². The van der Waals surface area contributed by atoms with Gasteiger partial charge in [0, 0.05) is 12.6 Å². The molecule has 0 aliphatic carbocycles. The first kappa shape index (κ1) is 13.8. The predicted octanol–water partition coefficient (Wildman–Crippen LogP) is 1.68. The summed E-state index contributed by atoms with van der Waals surface area (Å²) in [5, 5.41) is 3.44. The first-order valence-electron chi connectivity index (χ1n) is 5.98. The van der Waals surface area contributed by atoms with Crippen molar-refractivity contribution in [3.63, 3.8) is 0 Å². The molecule has 4 nitrogen and oxygen atoms in total. The molecule has 1 atom stereocenters. The Bertz CT molecular complexity index is 525. The van der Waals surface area contributed by atoms with Crippen LogP contribution in [-0.4, -0.2) is 27.5 Å². The summed E-state index contributed by atoms with van der Waals surface area (Å²) in [5.41, 5.74) is 0.943. The quantitative estimate of drug-likeness (QED) is 0.890. The van der Waals surface area contributed by atoms with Gasteiger partial charge in [0.15, 0.2) is 0 Å². The molecule has 100 valence electrons. The Kier molecular flexibility index (Phi) is 4.27. The van der Waals surface area contributed by atoms with Gasteiger partial charge >= 0.3 is 0 Å². The molecular formula is C12H17ClN2O2S. The summed E-state index contributed by atoms with van der Waals surface area (Å²) in [6.07, 6.45) is 1.84. The van der Waals surface area contributed by atoms with Crippen molar-refractivity contribution < 1.29 is 8.42 Å². The zero-order valence-electron chi connectivity index (χ0n) is 10.2. The number of piperidine rings is 1. The van der Waals surface area contributed by atoms with Crippen LogP contribution in [0.2, 0.25) is 5.02 Å². The highest BCUT2D eigenvalue weighted by Crippen LogP contribution is 2.22. The van der Waals surface area contributed by atoms with Crippen LogP contribution in [0.4, 0.5) is 0 Å². The molecule has 1 aromatic rings. The topological polar surface area (TPSA) is 58.2 Å². The van der Waals surface area contributed by atoms with Crippen molar-refractivity contribution in [2.45, 2.75) is 30.7 Å². The molecule has 0 bridgehead atoms. The van der Waals surface area contributed by atoms with Crippen molar-refractivity contribution >= 4 is 21.6 Å². The van der Waals surface area contributed by atoms with E-state index in [1.54, 1.807) is 18.2 Å². The lowest BCUT2D eigenvalue weighted by Gasteiger charge is -2.23. The van der Waals surface area contributed by atoms with Crippen LogP contribution in [0.5, 0.6) is 0 Å². The van der Waals surface area contributed by atoms with Crippen LogP contribution >= 0.6 is 11.6 Å². The minimum atomic E-state index is -3.53. The molecule has 0 radical (unpaired) electrons. The molecule has 0 saturated carbocycles. The predicted molar refractivity (Wildman–Crippen MR) is 72.4 cm³/mol. The molecule has 2 rings (SSSR count). The van der Waals surface area contributed by atoms with Gasteiger partial charge in [-0.2, -0.15) is 0 Å². The Balaban J connectivity index is 2.19. The number of rotatable bonds is 3. The zero-order valence-corrected chi connectivity index (χ0v) is 11.8. The first-order chi connectivity index (χ1) is 8.49. The van der Waals surface area contributed by atoms with Gasteiger partial charge in [0.2, 0.25) is 10.0 Å². The third-order valence-corrected chi connectivity index (χ3v) is 5.00. The van der Waals surface area contributed by atoms with Gasteiger partial charge in [-0.05, 0) is 44.0 Å². The highest BCUT2D eigenvalue weighted by Gasteiger charge is 2.23. The summed E-state index contributed by atoms with van der Waals surface area (Å²) in [6, 6.07) is 4.91. The van der Waals surface area contributed by atoms with Gasteiger partial charge in [-0.1, -0.05) is 17.7 Å². The largest absolute Gasteiger partial charge is 0.315 e. The number of halogens is 1. The average Bonchev–Trinajstić information content (AvgIpc) is 2.29. The molecule has 2 N–H and O–H groups in total. The molecule has 0 aromatic heterocycles. The number of benzene rings is 1. The van der Waals surface area contributed by atoms with E-state index >= 15 is 0 Å². The standard InChI is InChI=1S/C12H17ClN2O2S/c1-9-4-5-12(11(13)7-9)18(16,17)15-10-3-2-6-14-8-10/h4-5,7,10,14-15H,2-3,6,8H2,1H3. The maximum absolute atomic E-state index is 12.2. The summed E-state index contributed by atoms with van der Waals surface area (Å²) < 4.78 is 27.1. The van der Waals surface area contributed by atoms with Crippen molar-refractivity contribution in [2.24, 2.45) is 0 Å². The van der Waals surface area contributed by atoms with Crippen LogP contribution < -0.4 is 10.0 Å². The maximum Gasteiger partial charge on any atom is 0.242 e. The molecule has 1 saturated heterocycles. The fourth-order valence-corrected chi connectivity index (χ4v) is 3.93. The molecule has 1 aliphatic heterocycles. The number of nitrogens with one attached hydrogen (secondary N) is 2. The number of aryl methyl sites for hydroxylation is 1. The van der Waals surface area contributed by atoms with Gasteiger partial charge in [0.05, 0.1) is 5.02 Å². The molecule has 1 fully saturated rings. The average molecular weight is 289 g/mol. The smallest absolute Gasteiger partial charge is 0.242 e. The molecule has 6 heteroatoms. The molecule has 1 aromatic carbocycles. The van der Waals surface area contributed by atoms with Crippen LogP contribution in [0.1, 0.15) is 18.4 Å². The second-order valence-corrected chi connectivity index (χ2v) is 6.69. The Morgan fingerprint density at radius 1 is 1.44 bits per heavy atom. The van der Waals surface area contributed by atoms with Crippen molar-refractivity contribution in [3.05, 3.63) is 28.8 Å². The molecule has 1 unspecified atom stereocenters. The summed E-state index contributed by atoms with van der Waals surface area (Å²) in [4.78, 5) is 0.153. The normalized spacial score (nSPS) is 20.9. The van der Waals surface area contributed by atoms with Crippen molar-refractivity contribution in [2.75, 3.05) is 13.1 Å². The van der Waals surface area contributed by atoms with E-state index < -0.39 is 10.0 Å². The third kappa shape index (κ3) is 3.23. The number of hydrogen-bond donors (Lipinski definition) is 2. The van der Waals surface area contributed by atoms with E-state index in [-0.39, 0.29) is 16.0 Å². The van der Waals surface area contributed by atoms with Crippen molar-refractivity contribution in [3.8, 4) is 0 Å². The van der Waals surface area contributed by atoms with Gasteiger partial charge < -0.3 is 5.32 Å². The van der Waals surface area contributed by atoms with Crippen LogP contribution in [0.15, 0.2) is 23.1 Å². The maximum atomic E-state index is 12.2. The summed E-state index contributed by atoms with van der Waals surface area (Å²) in [7, 11) is -3.53. The fraction of sp³-hybridized carbons (Fsp3) is 0.500. The van der Waals surface area contributed by atoms with Gasteiger partial charge in [0.1, 0.15) is 4.90 Å². The third-order valence-electron chi connectivity index (χ3n) is 3.00. The number of hydrogen-bond acceptors (Lipinski definition) is 3. The minimum Gasteiger partial charge on any atom is -0.315 e. The molecular weight excluding hydrogens is 272 g/mol. The van der Waals surface area contributed by atoms with Crippen LogP contribution in [0, 0.1) is 6.92 Å². The van der Waals surface area contributed by atoms with Crippen molar-refractivity contribution in [1.29, 1.82) is 0 Å². The highest BCUT2D eigenvalue weighted by atomic mass is 35.5. The Hall–Kier alpha value is -0.620. The lowest BCUT2D eigenvalue weighted by molar-refractivity contribution is 0.428. The second-order valence-electron chi connectivity index (χ2n) is 4.60. The molecule has 1 heterocycles. The fourth-order valence-electron chi connectivity index (χ4n) is 2.06. The van der Waals surface area contributed by atoms with Gasteiger partial charge in [-0.3, -0.25) is 0 Å². The second kappa shape index (κ2) is 5.57. The SMILES string of the molecule is Cc1ccc(S(=O)(=O)NC2CCCNC2)c(Cl)c1. The molecule has 0 amide bonds. The Morgan fingerprint density at radius 3 is 2.83 bits per heavy atom. The van der Waals surface area contributed by atoms with E-state index in [0.29, 0.717) is 6.54 Å². The highest BCUT2D eigenvalue weighted by molar-refractivity contribution is 7.89. The van der Waals surface area contributed by atoms with Gasteiger partial charge in [-0.25, -0.2) is 13.1 Å². The molecule has 1 aliphatic rings. The lowest BCUT2D eigenvalue weighted by atomic mass is 10.1. The Morgan fingerprint density at radius 2 is 2.22 bits per heavy atom. The van der Waals surface area contributed by atoms with Crippen LogP contribution in [0.25, 0.3) is 0 Å². The zero-order chi connectivity index (χ0) is 13.2. The van der Waals surface area contributed by atoms with E-state index in [9.17, 15) is 8.42 Å². The summed E-state index contributed by atoms with van der Waals surface area (Å²) in [6.45, 7) is 3.49. The van der Waals surface area contributed by atoms with E-state index in [1.165, 1.54) is 0 Å². The molecule has 18 heavy (non-hydrogen) atoms. The Labute approximate surface area is 113 Å². The summed E-state index contributed by atoms with van der Waals surface area (Å²) >= 11 is 6.00. The van der Waals surface area contributed by atoms with E-state index in [1.807, 2.05) is 6.92 Å². The van der Waals surface area contributed by atoms with E-state index in [4.69, 9.17) is 11.6 Å². The van der Waals surface area contributed by atoms with Gasteiger partial charge in [0.25, 0.3) is 0 Å². The minimum absolute atomic E-state index is 0.0545. The lowest BCUT2D eigenvalue weighted by Crippen LogP contribution is -2.45. The van der Waals surface area contributed by atoms with Crippen molar-refractivity contribution in [1.82, 2.24) is 10.0 Å². The number of sulfonamides is 1.